The van der Waals surface area contributed by atoms with Crippen LogP contribution in [-0.2, 0) is 14.3 Å². The molecule has 0 radical (unpaired) electrons. The van der Waals surface area contributed by atoms with Gasteiger partial charge in [0.2, 0.25) is 0 Å². The molecule has 0 bridgehead atoms. The summed E-state index contributed by atoms with van der Waals surface area (Å²) >= 11 is 0. The Morgan fingerprint density at radius 3 is 1.95 bits per heavy atom. The van der Waals surface area contributed by atoms with Gasteiger partial charge in [0.25, 0.3) is 0 Å². The molecule has 3 N–H and O–H groups in total. The minimum absolute atomic E-state index is 0.0851. The van der Waals surface area contributed by atoms with Crippen molar-refractivity contribution in [2.24, 2.45) is 10.8 Å². The summed E-state index contributed by atoms with van der Waals surface area (Å²) in [6.07, 6.45) is 38.6. The number of carbonyl (C=O) groups excluding carboxylic acids is 2. The zero-order valence-electron chi connectivity index (χ0n) is 37.6. The van der Waals surface area contributed by atoms with Crippen LogP contribution in [0.25, 0.3) is 0 Å². The molecule has 0 spiro atoms. The Morgan fingerprint density at radius 2 is 1.34 bits per heavy atom. The molecule has 0 saturated heterocycles. The lowest BCUT2D eigenvalue weighted by Crippen LogP contribution is -2.48. The van der Waals surface area contributed by atoms with Crippen LogP contribution >= 0.6 is 0 Å². The minimum atomic E-state index is -1.11. The zero-order valence-corrected chi connectivity index (χ0v) is 37.6. The lowest BCUT2D eigenvalue weighted by atomic mass is 9.64. The maximum absolute atomic E-state index is 13.7. The highest BCUT2D eigenvalue weighted by atomic mass is 16.5. The highest BCUT2D eigenvalue weighted by Gasteiger charge is 2.46. The minimum Gasteiger partial charge on any atom is -0.458 e. The summed E-state index contributed by atoms with van der Waals surface area (Å²) < 4.78 is 5.57. The molecular formula is C52H76O6. The first-order valence-electron chi connectivity index (χ1n) is 21.6. The van der Waals surface area contributed by atoms with E-state index in [4.69, 9.17) is 4.74 Å². The summed E-state index contributed by atoms with van der Waals surface area (Å²) in [5.74, 6) is -0.532. The van der Waals surface area contributed by atoms with E-state index in [1.54, 1.807) is 12.2 Å². The molecule has 320 valence electrons. The quantitative estimate of drug-likeness (QED) is 0.0331. The van der Waals surface area contributed by atoms with E-state index in [1.807, 2.05) is 121 Å². The topological polar surface area (TPSA) is 104 Å². The molecule has 0 aromatic heterocycles. The van der Waals surface area contributed by atoms with E-state index in [0.29, 0.717) is 24.8 Å². The fourth-order valence-electron chi connectivity index (χ4n) is 7.87. The van der Waals surface area contributed by atoms with E-state index in [1.165, 1.54) is 38.2 Å². The first-order valence-corrected chi connectivity index (χ1v) is 21.6. The van der Waals surface area contributed by atoms with Crippen molar-refractivity contribution in [3.05, 3.63) is 130 Å². The van der Waals surface area contributed by atoms with Crippen LogP contribution in [0.2, 0.25) is 0 Å². The van der Waals surface area contributed by atoms with Crippen LogP contribution in [0.5, 0.6) is 0 Å². The number of aliphatic hydroxyl groups is 3. The average Bonchev–Trinajstić information content (AvgIpc) is 3.13. The molecule has 3 atom stereocenters. The number of ether oxygens (including phenoxy) is 1. The van der Waals surface area contributed by atoms with Gasteiger partial charge in [0.05, 0.1) is 12.2 Å². The van der Waals surface area contributed by atoms with Gasteiger partial charge in [-0.05, 0) is 83.8 Å². The number of allylic oxidation sites excluding steroid dienone is 16. The number of ketones is 1. The highest BCUT2D eigenvalue weighted by molar-refractivity contribution is 5.98. The standard InChI is InChI=1S/C52H76O6/c1-11-12-13-14-15-16-17-18-19-30-49(56)58-38-44(48(55)35-47-42(5)33-45(53)36-50(47,7)8)29-23-28-40(3)25-21-20-24-39(2)26-22-27-41(4)31-32-52(57)43(6)34-46(54)37-51(52,9)10/h19-32,34,45-46,53-54,57H,11-18,33,35-38H2,1-10H3. The van der Waals surface area contributed by atoms with Crippen molar-refractivity contribution in [3.63, 3.8) is 0 Å². The van der Waals surface area contributed by atoms with Crippen LogP contribution in [0.15, 0.2) is 130 Å². The lowest BCUT2D eigenvalue weighted by molar-refractivity contribution is -0.137. The van der Waals surface area contributed by atoms with Crippen molar-refractivity contribution in [2.75, 3.05) is 6.61 Å². The number of aliphatic hydroxyl groups excluding tert-OH is 2. The van der Waals surface area contributed by atoms with E-state index in [2.05, 4.69) is 20.8 Å². The second kappa shape index (κ2) is 24.9. The van der Waals surface area contributed by atoms with Crippen molar-refractivity contribution in [3.8, 4) is 0 Å². The predicted molar refractivity (Wildman–Crippen MR) is 243 cm³/mol. The summed E-state index contributed by atoms with van der Waals surface area (Å²) in [5, 5.41) is 31.9. The summed E-state index contributed by atoms with van der Waals surface area (Å²) in [6, 6.07) is 0. The zero-order chi connectivity index (χ0) is 43.4. The molecule has 3 unspecified atom stereocenters. The van der Waals surface area contributed by atoms with Crippen molar-refractivity contribution in [1.29, 1.82) is 0 Å². The second-order valence-corrected chi connectivity index (χ2v) is 17.9. The number of hydrogen-bond donors (Lipinski definition) is 3. The molecule has 58 heavy (non-hydrogen) atoms. The average molecular weight is 797 g/mol. The first kappa shape index (κ1) is 50.3. The smallest absolute Gasteiger partial charge is 0.330 e. The number of rotatable bonds is 22. The van der Waals surface area contributed by atoms with Gasteiger partial charge in [-0.25, -0.2) is 4.79 Å². The molecule has 0 aliphatic heterocycles. The number of Topliss-reactive ketones (excluding diaryl/α,β-unsaturated/α-hetero) is 1. The first-order chi connectivity index (χ1) is 27.3. The van der Waals surface area contributed by atoms with E-state index >= 15 is 0 Å². The molecule has 0 saturated carbocycles. The molecule has 0 amide bonds. The molecule has 6 heteroatoms. The van der Waals surface area contributed by atoms with E-state index in [0.717, 1.165) is 52.7 Å². The van der Waals surface area contributed by atoms with E-state index < -0.39 is 29.2 Å². The molecular weight excluding hydrogens is 721 g/mol. The number of unbranched alkanes of at least 4 members (excludes halogenated alkanes) is 7. The van der Waals surface area contributed by atoms with Crippen LogP contribution in [0.3, 0.4) is 0 Å². The molecule has 2 aliphatic carbocycles. The summed E-state index contributed by atoms with van der Waals surface area (Å²) in [5.41, 5.74) is 4.46. The van der Waals surface area contributed by atoms with Gasteiger partial charge in [-0.3, -0.25) is 4.79 Å². The monoisotopic (exact) mass is 797 g/mol. The Morgan fingerprint density at radius 1 is 0.776 bits per heavy atom. The van der Waals surface area contributed by atoms with Crippen molar-refractivity contribution in [2.45, 2.75) is 164 Å². The van der Waals surface area contributed by atoms with Gasteiger partial charge >= 0.3 is 5.97 Å². The normalized spacial score (nSPS) is 23.6. The summed E-state index contributed by atoms with van der Waals surface area (Å²) in [7, 11) is 0. The van der Waals surface area contributed by atoms with Gasteiger partial charge < -0.3 is 20.1 Å². The van der Waals surface area contributed by atoms with Crippen LogP contribution in [0.4, 0.5) is 0 Å². The highest BCUT2D eigenvalue weighted by Crippen LogP contribution is 2.45. The van der Waals surface area contributed by atoms with Gasteiger partial charge in [-0.2, -0.15) is 0 Å². The second-order valence-electron chi connectivity index (χ2n) is 17.9. The maximum atomic E-state index is 13.7. The maximum Gasteiger partial charge on any atom is 0.330 e. The SMILES string of the molecule is CCCCCCCCCC=CC(=O)OCC(=CC=CC(C)=CC=CC=C(C)C=CC=C(C)C=CC1(O)C(C)=CC(O)CC1(C)C)C(=O)CC1=C(C)CC(O)CC1(C)C. The molecule has 0 fully saturated rings. The number of hydrogen-bond acceptors (Lipinski definition) is 6. The van der Waals surface area contributed by atoms with E-state index in [9.17, 15) is 24.9 Å². The predicted octanol–water partition coefficient (Wildman–Crippen LogP) is 12.1. The molecule has 0 aromatic rings. The van der Waals surface area contributed by atoms with Crippen LogP contribution in [-0.4, -0.2) is 51.5 Å². The fraction of sp³-hybridized carbons (Fsp3) is 0.538. The molecule has 0 aromatic carbocycles. The van der Waals surface area contributed by atoms with Gasteiger partial charge in [0.15, 0.2) is 5.78 Å². The third-order valence-corrected chi connectivity index (χ3v) is 11.5. The third-order valence-electron chi connectivity index (χ3n) is 11.5. The van der Waals surface area contributed by atoms with Gasteiger partial charge in [-0.1, -0.05) is 180 Å². The van der Waals surface area contributed by atoms with Gasteiger partial charge in [0.1, 0.15) is 12.2 Å². The Balaban J connectivity index is 2.07. The number of carbonyl (C=O) groups is 2. The fourth-order valence-corrected chi connectivity index (χ4v) is 7.87. The van der Waals surface area contributed by atoms with Crippen LogP contribution in [0, 0.1) is 10.8 Å². The lowest BCUT2D eigenvalue weighted by Gasteiger charge is -2.46. The van der Waals surface area contributed by atoms with E-state index in [-0.39, 0.29) is 24.2 Å². The van der Waals surface area contributed by atoms with Crippen LogP contribution in [0.1, 0.15) is 146 Å². The van der Waals surface area contributed by atoms with Gasteiger partial charge in [0, 0.05) is 23.5 Å². The third kappa shape index (κ3) is 17.6. The number of esters is 1. The summed E-state index contributed by atoms with van der Waals surface area (Å²) in [4.78, 5) is 26.3. The Kier molecular flexibility index (Phi) is 21.6. The molecule has 0 heterocycles. The molecule has 2 aliphatic rings. The van der Waals surface area contributed by atoms with Gasteiger partial charge in [-0.15, -0.1) is 0 Å². The Labute approximate surface area is 352 Å². The molecule has 6 nitrogen and oxygen atoms in total. The Hall–Kier alpha value is -3.84. The van der Waals surface area contributed by atoms with Crippen molar-refractivity contribution < 1.29 is 29.6 Å². The molecule has 2 rings (SSSR count). The van der Waals surface area contributed by atoms with Crippen LogP contribution < -0.4 is 0 Å². The summed E-state index contributed by atoms with van der Waals surface area (Å²) in [6.45, 7) is 20.1. The van der Waals surface area contributed by atoms with Crippen molar-refractivity contribution >= 4 is 11.8 Å². The van der Waals surface area contributed by atoms with Crippen molar-refractivity contribution in [1.82, 2.24) is 0 Å². The largest absolute Gasteiger partial charge is 0.458 e. The Bertz CT molecular complexity index is 1710.